The molecule has 1 aromatic rings. The van der Waals surface area contributed by atoms with Crippen LogP contribution in [-0.2, 0) is 16.0 Å². The van der Waals surface area contributed by atoms with E-state index in [2.05, 4.69) is 17.6 Å². The molecule has 0 unspecified atom stereocenters. The van der Waals surface area contributed by atoms with Crippen LogP contribution in [0.1, 0.15) is 39.2 Å². The van der Waals surface area contributed by atoms with Crippen LogP contribution in [0.3, 0.4) is 0 Å². The van der Waals surface area contributed by atoms with Gasteiger partial charge in [-0.15, -0.1) is 0 Å². The quantitative estimate of drug-likeness (QED) is 0.852. The van der Waals surface area contributed by atoms with E-state index >= 15 is 0 Å². The molecule has 2 saturated heterocycles. The number of amides is 3. The first-order valence-electron chi connectivity index (χ1n) is 9.96. The lowest BCUT2D eigenvalue weighted by Gasteiger charge is -2.37. The normalized spacial score (nSPS) is 21.5. The summed E-state index contributed by atoms with van der Waals surface area (Å²) in [6, 6.07) is 7.87. The Hall–Kier alpha value is -2.08. The highest BCUT2D eigenvalue weighted by Crippen LogP contribution is 2.44. The summed E-state index contributed by atoms with van der Waals surface area (Å²) < 4.78 is 5.53. The smallest absolute Gasteiger partial charge is 0.321 e. The number of hydrogen-bond acceptors (Lipinski definition) is 3. The Labute approximate surface area is 161 Å². The van der Waals surface area contributed by atoms with E-state index in [1.165, 1.54) is 5.56 Å². The Morgan fingerprint density at radius 1 is 1.22 bits per heavy atom. The van der Waals surface area contributed by atoms with Crippen LogP contribution in [0.4, 0.5) is 10.5 Å². The number of rotatable bonds is 4. The van der Waals surface area contributed by atoms with Crippen molar-refractivity contribution >= 4 is 17.6 Å². The molecule has 3 rings (SSSR count). The van der Waals surface area contributed by atoms with Crippen molar-refractivity contribution in [2.45, 2.75) is 46.1 Å². The van der Waals surface area contributed by atoms with E-state index < -0.39 is 0 Å². The van der Waals surface area contributed by atoms with Gasteiger partial charge in [-0.3, -0.25) is 4.79 Å². The number of carbonyl (C=O) groups is 2. The Balaban J connectivity index is 1.71. The van der Waals surface area contributed by atoms with Gasteiger partial charge in [-0.2, -0.15) is 0 Å². The highest BCUT2D eigenvalue weighted by Gasteiger charge is 2.51. The van der Waals surface area contributed by atoms with Gasteiger partial charge in [0.25, 0.3) is 0 Å². The van der Waals surface area contributed by atoms with Gasteiger partial charge in [0.2, 0.25) is 5.91 Å². The number of aryl methyl sites for hydroxylation is 1. The summed E-state index contributed by atoms with van der Waals surface area (Å²) in [7, 11) is 0. The van der Waals surface area contributed by atoms with Crippen molar-refractivity contribution in [2.75, 3.05) is 31.6 Å². The third-order valence-electron chi connectivity index (χ3n) is 5.78. The third kappa shape index (κ3) is 4.43. The largest absolute Gasteiger partial charge is 0.381 e. The van der Waals surface area contributed by atoms with Crippen molar-refractivity contribution in [3.8, 4) is 0 Å². The molecule has 0 bridgehead atoms. The van der Waals surface area contributed by atoms with Crippen LogP contribution in [0.2, 0.25) is 0 Å². The number of anilines is 1. The highest BCUT2D eigenvalue weighted by molar-refractivity contribution is 5.90. The minimum atomic E-state index is -0.183. The summed E-state index contributed by atoms with van der Waals surface area (Å²) in [4.78, 5) is 27.4. The molecule has 0 radical (unpaired) electrons. The van der Waals surface area contributed by atoms with Crippen LogP contribution in [0, 0.1) is 11.3 Å². The van der Waals surface area contributed by atoms with E-state index in [1.54, 1.807) is 4.90 Å². The summed E-state index contributed by atoms with van der Waals surface area (Å²) in [5, 5.41) is 6.02. The van der Waals surface area contributed by atoms with E-state index in [9.17, 15) is 9.59 Å². The molecular weight excluding hydrogens is 342 g/mol. The lowest BCUT2D eigenvalue weighted by atomic mass is 9.71. The van der Waals surface area contributed by atoms with Gasteiger partial charge in [0.1, 0.15) is 0 Å². The van der Waals surface area contributed by atoms with Crippen LogP contribution >= 0.6 is 0 Å². The van der Waals surface area contributed by atoms with E-state index in [4.69, 9.17) is 4.74 Å². The van der Waals surface area contributed by atoms with E-state index in [0.717, 1.165) is 24.9 Å². The van der Waals surface area contributed by atoms with Crippen LogP contribution in [0.5, 0.6) is 0 Å². The summed E-state index contributed by atoms with van der Waals surface area (Å²) in [6.45, 7) is 8.40. The molecule has 2 fully saturated rings. The topological polar surface area (TPSA) is 70.7 Å². The number of carbonyl (C=O) groups excluding carboxylic acids is 2. The summed E-state index contributed by atoms with van der Waals surface area (Å²) in [5.74, 6) is -0.133. The van der Waals surface area contributed by atoms with Gasteiger partial charge in [0.05, 0.1) is 5.92 Å². The molecule has 2 N–H and O–H groups in total. The molecule has 0 aliphatic carbocycles. The maximum Gasteiger partial charge on any atom is 0.321 e. The van der Waals surface area contributed by atoms with Crippen molar-refractivity contribution in [1.29, 1.82) is 0 Å². The van der Waals surface area contributed by atoms with Crippen molar-refractivity contribution < 1.29 is 14.3 Å². The van der Waals surface area contributed by atoms with E-state index in [0.29, 0.717) is 26.3 Å². The number of ether oxygens (including phenoxy) is 1. The molecule has 3 amide bonds. The second kappa shape index (κ2) is 8.30. The lowest BCUT2D eigenvalue weighted by molar-refractivity contribution is -0.130. The fourth-order valence-corrected chi connectivity index (χ4v) is 4.18. The molecule has 6 heteroatoms. The first-order valence-corrected chi connectivity index (χ1v) is 9.96. The average molecular weight is 373 g/mol. The Morgan fingerprint density at radius 2 is 1.89 bits per heavy atom. The third-order valence-corrected chi connectivity index (χ3v) is 5.78. The Bertz CT molecular complexity index is 666. The second-order valence-corrected chi connectivity index (χ2v) is 8.05. The minimum Gasteiger partial charge on any atom is -0.381 e. The molecule has 1 spiro atoms. The molecule has 1 aromatic carbocycles. The summed E-state index contributed by atoms with van der Waals surface area (Å²) in [6.07, 6.45) is 2.61. The standard InChI is InChI=1S/C21H31N3O3/c1-4-16-5-7-17(8-6-16)23-20(26)24-13-18(19(25)22-15(2)3)21(14-24)9-11-27-12-10-21/h5-8,15,18H,4,9-14H2,1-3H3,(H,22,25)(H,23,26)/t18-/m1/s1. The summed E-state index contributed by atoms with van der Waals surface area (Å²) >= 11 is 0. The van der Waals surface area contributed by atoms with Gasteiger partial charge in [-0.25, -0.2) is 4.79 Å². The van der Waals surface area contributed by atoms with Gasteiger partial charge in [-0.05, 0) is 50.8 Å². The Morgan fingerprint density at radius 3 is 2.48 bits per heavy atom. The fourth-order valence-electron chi connectivity index (χ4n) is 4.18. The monoisotopic (exact) mass is 373 g/mol. The second-order valence-electron chi connectivity index (χ2n) is 8.05. The highest BCUT2D eigenvalue weighted by atomic mass is 16.5. The van der Waals surface area contributed by atoms with E-state index in [1.807, 2.05) is 38.1 Å². The molecule has 2 aliphatic rings. The first-order chi connectivity index (χ1) is 12.9. The van der Waals surface area contributed by atoms with Crippen molar-refractivity contribution in [3.63, 3.8) is 0 Å². The molecular formula is C21H31N3O3. The number of likely N-dealkylation sites (tertiary alicyclic amines) is 1. The number of hydrogen-bond donors (Lipinski definition) is 2. The van der Waals surface area contributed by atoms with Crippen molar-refractivity contribution in [3.05, 3.63) is 29.8 Å². The average Bonchev–Trinajstić information content (AvgIpc) is 3.01. The zero-order valence-electron chi connectivity index (χ0n) is 16.6. The molecule has 1 atom stereocenters. The molecule has 0 aromatic heterocycles. The van der Waals surface area contributed by atoms with Gasteiger partial charge < -0.3 is 20.3 Å². The predicted molar refractivity (Wildman–Crippen MR) is 106 cm³/mol. The predicted octanol–water partition coefficient (Wildman–Crippen LogP) is 3.03. The van der Waals surface area contributed by atoms with Gasteiger partial charge in [0.15, 0.2) is 0 Å². The minimum absolute atomic E-state index is 0.0505. The van der Waals surface area contributed by atoms with Crippen LogP contribution in [0.15, 0.2) is 24.3 Å². The van der Waals surface area contributed by atoms with Gasteiger partial charge in [0, 0.05) is 43.4 Å². The van der Waals surface area contributed by atoms with Crippen molar-refractivity contribution in [2.24, 2.45) is 11.3 Å². The first kappa shape index (κ1) is 19.7. The molecule has 0 saturated carbocycles. The molecule has 2 heterocycles. The van der Waals surface area contributed by atoms with Crippen LogP contribution in [0.25, 0.3) is 0 Å². The van der Waals surface area contributed by atoms with Crippen LogP contribution in [-0.4, -0.2) is 49.2 Å². The van der Waals surface area contributed by atoms with Crippen molar-refractivity contribution in [1.82, 2.24) is 10.2 Å². The molecule has 6 nitrogen and oxygen atoms in total. The van der Waals surface area contributed by atoms with Gasteiger partial charge >= 0.3 is 6.03 Å². The molecule has 2 aliphatic heterocycles. The number of benzene rings is 1. The number of urea groups is 1. The maximum atomic E-state index is 12.8. The SMILES string of the molecule is CCc1ccc(NC(=O)N2C[C@H](C(=O)NC(C)C)C3(CCOCC3)C2)cc1. The molecule has 148 valence electrons. The number of nitrogens with zero attached hydrogens (tertiary/aromatic N) is 1. The zero-order chi connectivity index (χ0) is 19.4. The lowest BCUT2D eigenvalue weighted by Crippen LogP contribution is -2.46. The zero-order valence-corrected chi connectivity index (χ0v) is 16.6. The number of nitrogens with one attached hydrogen (secondary N) is 2. The summed E-state index contributed by atoms with van der Waals surface area (Å²) in [5.41, 5.74) is 1.84. The maximum absolute atomic E-state index is 12.8. The Kier molecular flexibility index (Phi) is 6.05. The van der Waals surface area contributed by atoms with Crippen LogP contribution < -0.4 is 10.6 Å². The van der Waals surface area contributed by atoms with Gasteiger partial charge in [-0.1, -0.05) is 19.1 Å². The fraction of sp³-hybridized carbons (Fsp3) is 0.619. The van der Waals surface area contributed by atoms with E-state index in [-0.39, 0.29) is 29.3 Å². The molecule has 27 heavy (non-hydrogen) atoms.